The molecule has 0 saturated carbocycles. The lowest BCUT2D eigenvalue weighted by Gasteiger charge is -2.32. The molecule has 0 unspecified atom stereocenters. The molecule has 2 heterocycles. The minimum atomic E-state index is -1.27. The van der Waals surface area contributed by atoms with Gasteiger partial charge in [-0.15, -0.1) is 0 Å². The smallest absolute Gasteiger partial charge is 0.226 e. The number of nitrogens with zero attached hydrogens (tertiary/aromatic N) is 4. The highest BCUT2D eigenvalue weighted by Gasteiger charge is 2.36. The van der Waals surface area contributed by atoms with Crippen molar-refractivity contribution in [3.8, 4) is 45.8 Å². The predicted octanol–water partition coefficient (Wildman–Crippen LogP) is 5.62. The number of nitrogens with one attached hydrogen (secondary N) is 1. The van der Waals surface area contributed by atoms with Crippen LogP contribution in [0, 0.1) is 37.0 Å². The number of aromatic hydroxyl groups is 1. The van der Waals surface area contributed by atoms with Crippen LogP contribution in [0.3, 0.4) is 0 Å². The number of carbonyl (C=O) groups excluding carboxylic acids is 5. The fourth-order valence-corrected chi connectivity index (χ4v) is 7.89. The lowest BCUT2D eigenvalue weighted by atomic mass is 9.88. The van der Waals surface area contributed by atoms with E-state index in [2.05, 4.69) is 15.3 Å². The molecule has 15 nitrogen and oxygen atoms in total. The van der Waals surface area contributed by atoms with E-state index in [-0.39, 0.29) is 101 Å². The highest BCUT2D eigenvalue weighted by atomic mass is 32.1. The maximum Gasteiger partial charge on any atom is 0.226 e. The molecule has 1 aliphatic heterocycles. The van der Waals surface area contributed by atoms with E-state index in [0.29, 0.717) is 51.0 Å². The highest BCUT2D eigenvalue weighted by Crippen LogP contribution is 2.40. The third-order valence-electron chi connectivity index (χ3n) is 11.0. The number of ether oxygens (including phenoxy) is 2. The summed E-state index contributed by atoms with van der Waals surface area (Å²) in [7, 11) is 1.47. The third-order valence-corrected chi connectivity index (χ3v) is 11.0. The number of aryl methyl sites for hydroxylation is 2. The number of fused-ring (bicyclic) bond motifs is 5. The number of rotatable bonds is 16. The molecule has 5 rings (SSSR count). The number of amides is 2. The molecule has 1 aromatic heterocycles. The van der Waals surface area contributed by atoms with Crippen LogP contribution in [-0.2, 0) is 25.6 Å². The summed E-state index contributed by atoms with van der Waals surface area (Å²) in [5.41, 5.74) is 15.4. The van der Waals surface area contributed by atoms with E-state index < -0.39 is 41.5 Å². The number of ketones is 3. The summed E-state index contributed by atoms with van der Waals surface area (Å²) >= 11 is 0. The van der Waals surface area contributed by atoms with Crippen LogP contribution in [-0.4, -0.2) is 88.0 Å². The summed E-state index contributed by atoms with van der Waals surface area (Å²) in [6, 6.07) is 16.7. The number of hydrogen-bond donors (Lipinski definition) is 4. The highest BCUT2D eigenvalue weighted by molar-refractivity contribution is 7.59. The molecule has 0 fully saturated rings. The Morgan fingerprint density at radius 2 is 1.66 bits per heavy atom. The van der Waals surface area contributed by atoms with Crippen LogP contribution < -0.4 is 26.3 Å². The Bertz CT molecular complexity index is 2360. The first-order chi connectivity index (χ1) is 30.1. The van der Waals surface area contributed by atoms with Gasteiger partial charge in [-0.1, -0.05) is 19.1 Å². The van der Waals surface area contributed by atoms with Gasteiger partial charge in [0.25, 0.3) is 0 Å². The van der Waals surface area contributed by atoms with Gasteiger partial charge in [-0.2, -0.15) is 18.8 Å². The zero-order valence-corrected chi connectivity index (χ0v) is 38.3. The van der Waals surface area contributed by atoms with Gasteiger partial charge in [0.1, 0.15) is 29.9 Å². The van der Waals surface area contributed by atoms with Crippen molar-refractivity contribution in [2.45, 2.75) is 91.3 Å². The molecule has 16 heteroatoms. The molecule has 64 heavy (non-hydrogen) atoms. The molecule has 4 aromatic rings. The van der Waals surface area contributed by atoms with Gasteiger partial charge < -0.3 is 36.3 Å². The van der Waals surface area contributed by atoms with E-state index in [0.717, 1.165) is 5.56 Å². The van der Waals surface area contributed by atoms with Gasteiger partial charge in [-0.3, -0.25) is 24.0 Å². The van der Waals surface area contributed by atoms with E-state index >= 15 is 0 Å². The molecule has 3 aromatic carbocycles. The molecule has 0 saturated heterocycles. The second-order valence-electron chi connectivity index (χ2n) is 16.2. The van der Waals surface area contributed by atoms with Gasteiger partial charge in [0.15, 0.2) is 23.2 Å². The first kappa shape index (κ1) is 50.5. The first-order valence-electron chi connectivity index (χ1n) is 21.2. The summed E-state index contributed by atoms with van der Waals surface area (Å²) in [4.78, 5) is 81.0. The molecule has 4 atom stereocenters. The number of nitrogens with two attached hydrogens (primary N) is 2. The Morgan fingerprint density at radius 1 is 0.969 bits per heavy atom. The average molecular weight is 894 g/mol. The van der Waals surface area contributed by atoms with Crippen LogP contribution in [0.1, 0.15) is 91.8 Å². The fraction of sp³-hybridized carbons (Fsp3) is 0.417. The van der Waals surface area contributed by atoms with E-state index in [1.807, 2.05) is 44.2 Å². The van der Waals surface area contributed by atoms with Crippen LogP contribution >= 0.6 is 13.5 Å². The average Bonchev–Trinajstić information content (AvgIpc) is 3.24. The molecule has 0 aliphatic carbocycles. The normalized spacial score (nSPS) is 16.7. The summed E-state index contributed by atoms with van der Waals surface area (Å²) in [5, 5.41) is 23.2. The van der Waals surface area contributed by atoms with Crippen molar-refractivity contribution in [2.75, 3.05) is 26.7 Å². The molecule has 1 aliphatic rings. The van der Waals surface area contributed by atoms with Crippen molar-refractivity contribution < 1.29 is 38.6 Å². The van der Waals surface area contributed by atoms with Gasteiger partial charge in [0.2, 0.25) is 11.8 Å². The van der Waals surface area contributed by atoms with Crippen molar-refractivity contribution in [3.05, 3.63) is 88.7 Å². The molecule has 0 spiro atoms. The number of phenolic OH excluding ortho intramolecular Hbond substituents is 1. The zero-order valence-electron chi connectivity index (χ0n) is 37.3. The van der Waals surface area contributed by atoms with Crippen LogP contribution in [0.15, 0.2) is 60.7 Å². The van der Waals surface area contributed by atoms with E-state index in [1.165, 1.54) is 18.0 Å². The van der Waals surface area contributed by atoms with Gasteiger partial charge in [0, 0.05) is 67.8 Å². The Labute approximate surface area is 381 Å². The fourth-order valence-electron chi connectivity index (χ4n) is 7.89. The minimum Gasteiger partial charge on any atom is -0.507 e. The van der Waals surface area contributed by atoms with Crippen LogP contribution in [0.5, 0.6) is 17.2 Å². The summed E-state index contributed by atoms with van der Waals surface area (Å²) in [5.74, 6) is -2.83. The summed E-state index contributed by atoms with van der Waals surface area (Å²) in [6.45, 7) is 9.27. The van der Waals surface area contributed by atoms with Crippen LogP contribution in [0.25, 0.3) is 22.5 Å². The molecular formula is C48H59N7O8S. The monoisotopic (exact) mass is 893 g/mol. The van der Waals surface area contributed by atoms with E-state index in [1.54, 1.807) is 51.1 Å². The Morgan fingerprint density at radius 3 is 2.28 bits per heavy atom. The quantitative estimate of drug-likeness (QED) is 0.100. The number of carbonyl (C=O) groups is 5. The topological polar surface area (TPSA) is 241 Å². The number of nitriles is 1. The number of aromatic nitrogens is 2. The Hall–Kier alpha value is -6.15. The number of benzene rings is 3. The van der Waals surface area contributed by atoms with Crippen molar-refractivity contribution in [2.24, 2.45) is 23.3 Å². The Balaban J connectivity index is 0.00000898. The lowest BCUT2D eigenvalue weighted by Crippen LogP contribution is -2.46. The van der Waals surface area contributed by atoms with Crippen LogP contribution in [0.4, 0.5) is 0 Å². The SMILES string of the molecule is Cc1nc(-c2ccc(OC(C)C)cc2)nc(C)c1C(=O)C[C@@H](CCN)C(=O)N(C)[C@@H]1C(=O)C[C@@H](C)C(=O)N[C@H](C(=O)CCC#N)Cc2ccc(O)c(c2)-c2cc1ccc2OCCN.S. The van der Waals surface area contributed by atoms with Gasteiger partial charge in [-0.05, 0) is 107 Å². The maximum atomic E-state index is 14.7. The van der Waals surface area contributed by atoms with Gasteiger partial charge in [0.05, 0.1) is 35.2 Å². The lowest BCUT2D eigenvalue weighted by molar-refractivity contribution is -0.142. The van der Waals surface area contributed by atoms with Gasteiger partial charge >= 0.3 is 0 Å². The number of Topliss-reactive ketones (excluding diaryl/α,β-unsaturated/α-hetero) is 3. The molecule has 6 N–H and O–H groups in total. The number of hydrogen-bond acceptors (Lipinski definition) is 13. The summed E-state index contributed by atoms with van der Waals surface area (Å²) < 4.78 is 11.8. The standard InChI is InChI=1S/C48H57N7O8.H2S/c1-27(2)63-35-13-10-32(11-14-35)46-52-29(4)44(30(5)53-46)41(58)26-34(17-19-50)48(61)55(6)45-33-12-16-43(62-21-20-51)37(25-33)36-23-31(9-15-39(36)56)24-38(40(57)8-7-18-49)54-47(60)28(3)22-42(45)59;/h9-16,23,25,27-28,34,38,45,56H,7-8,17,19-22,24,26,50-51H2,1-6H3,(H,54,60);1H2/t28-,34-,38+,45+;/m1./s1. The van der Waals surface area contributed by atoms with E-state index in [4.69, 9.17) is 26.2 Å². The molecule has 4 bridgehead atoms. The Kier molecular flexibility index (Phi) is 18.1. The van der Waals surface area contributed by atoms with Crippen LogP contribution in [0.2, 0.25) is 0 Å². The first-order valence-corrected chi connectivity index (χ1v) is 21.2. The molecule has 0 radical (unpaired) electrons. The second kappa shape index (κ2) is 23.0. The summed E-state index contributed by atoms with van der Waals surface area (Å²) in [6.07, 6.45) is -0.516. The van der Waals surface area contributed by atoms with E-state index in [9.17, 15) is 29.1 Å². The number of likely N-dealkylation sites (N-methyl/N-ethyl adjacent to an activating group) is 1. The number of phenols is 1. The predicted molar refractivity (Wildman–Crippen MR) is 247 cm³/mol. The largest absolute Gasteiger partial charge is 0.507 e. The second-order valence-corrected chi connectivity index (χ2v) is 16.2. The van der Waals surface area contributed by atoms with Crippen molar-refractivity contribution in [3.63, 3.8) is 0 Å². The zero-order chi connectivity index (χ0) is 46.0. The molecular weight excluding hydrogens is 835 g/mol. The molecule has 2 amide bonds. The van der Waals surface area contributed by atoms with Crippen molar-refractivity contribution in [1.29, 1.82) is 5.26 Å². The maximum absolute atomic E-state index is 14.7. The van der Waals surface area contributed by atoms with Gasteiger partial charge in [-0.25, -0.2) is 9.97 Å². The van der Waals surface area contributed by atoms with Crippen molar-refractivity contribution in [1.82, 2.24) is 20.2 Å². The molecule has 340 valence electrons. The third kappa shape index (κ3) is 12.3. The van der Waals surface area contributed by atoms with Crippen molar-refractivity contribution >= 4 is 42.7 Å². The minimum absolute atomic E-state index is 0.